The number of hydrogen-bond donors (Lipinski definition) is 0. The van der Waals surface area contributed by atoms with Crippen molar-refractivity contribution < 1.29 is 34.0 Å². The Bertz CT molecular complexity index is 3540. The second kappa shape index (κ2) is 13.1. The SMILES string of the molecule is [2H]C([2H])([2H])n1c2ccccc2c2cc3c4ccccc4n(C([2H])([2H])[2H])c3c(N3[CH-]N(c4[c-]c(Oc5[c-]c6c(cc5)c5ccccc5n6-c5ccccn5)ccc4)c4ccccc43)c21.[Pt]. The van der Waals surface area contributed by atoms with E-state index in [2.05, 4.69) is 33.8 Å². The average molecular weight is 935 g/mol. The minimum Gasteiger partial charge on any atom is -0.509 e. The third kappa shape index (κ3) is 4.93. The van der Waals surface area contributed by atoms with Crippen LogP contribution in [-0.4, -0.2) is 18.7 Å². The summed E-state index contributed by atoms with van der Waals surface area (Å²) >= 11 is 0. The molecule has 7 nitrogen and oxygen atoms in total. The van der Waals surface area contributed by atoms with Gasteiger partial charge in [0.05, 0.1) is 16.7 Å². The fourth-order valence-electron chi connectivity index (χ4n) is 8.67. The number of pyridine rings is 1. The number of nitrogens with zero attached hydrogens (tertiary/aromatic N) is 6. The Morgan fingerprint density at radius 3 is 1.83 bits per heavy atom. The van der Waals surface area contributed by atoms with Crippen LogP contribution in [-0.2, 0) is 35.0 Å². The van der Waals surface area contributed by atoms with E-state index in [4.69, 9.17) is 13.0 Å². The normalized spacial score (nSPS) is 14.7. The van der Waals surface area contributed by atoms with Crippen LogP contribution < -0.4 is 14.5 Å². The third-order valence-electron chi connectivity index (χ3n) is 11.1. The minimum absolute atomic E-state index is 0. The van der Waals surface area contributed by atoms with E-state index in [1.807, 2.05) is 144 Å². The summed E-state index contributed by atoms with van der Waals surface area (Å²) in [6.07, 6.45) is 1.77. The van der Waals surface area contributed by atoms with Gasteiger partial charge in [-0.25, -0.2) is 4.98 Å². The fourth-order valence-corrected chi connectivity index (χ4v) is 8.67. The van der Waals surface area contributed by atoms with Gasteiger partial charge in [-0.05, 0) is 53.9 Å². The summed E-state index contributed by atoms with van der Waals surface area (Å²) in [4.78, 5) is 8.53. The second-order valence-corrected chi connectivity index (χ2v) is 14.2. The Kier molecular flexibility index (Phi) is 6.46. The minimum atomic E-state index is -2.62. The van der Waals surface area contributed by atoms with Crippen LogP contribution in [0.2, 0.25) is 0 Å². The van der Waals surface area contributed by atoms with Gasteiger partial charge in [-0.1, -0.05) is 78.3 Å². The van der Waals surface area contributed by atoms with Crippen molar-refractivity contribution in [1.29, 1.82) is 0 Å². The van der Waals surface area contributed by atoms with Crippen molar-refractivity contribution in [3.05, 3.63) is 177 Å². The van der Waals surface area contributed by atoms with Gasteiger partial charge in [0.15, 0.2) is 0 Å². The van der Waals surface area contributed by atoms with Crippen LogP contribution in [0.1, 0.15) is 8.22 Å². The standard InChI is InChI=1S/C50H33N6O.Pt/c1-52-41-19-6-3-17-36(41)39-30-40-37-18-4-7-20-42(37)53(2)49(40)50(48(39)52)55-31-54(44-22-9-10-23-45(44)55)32-14-13-15-33(28-32)57-34-25-26-38-35-16-5-8-21-43(35)56(46(38)29-34)47-24-11-12-27-51-47;/h3-27,30-31H,1-2H3;/q-3;/i1D3,2D3;. The average Bonchev–Trinajstić information content (AvgIpc) is 4.03. The van der Waals surface area contributed by atoms with Crippen LogP contribution in [0.3, 0.4) is 0 Å². The maximum Gasteiger partial charge on any atom is 0.135 e. The van der Waals surface area contributed by atoms with E-state index in [1.165, 1.54) is 9.13 Å². The number of ether oxygens (including phenoxy) is 1. The van der Waals surface area contributed by atoms with Gasteiger partial charge < -0.3 is 28.2 Å². The molecule has 7 aromatic carbocycles. The van der Waals surface area contributed by atoms with Crippen LogP contribution in [0.4, 0.5) is 22.7 Å². The zero-order chi connectivity index (χ0) is 42.8. The summed E-state index contributed by atoms with van der Waals surface area (Å²) in [5.41, 5.74) is 6.21. The molecule has 4 aromatic heterocycles. The monoisotopic (exact) mass is 934 g/mol. The molecule has 0 saturated heterocycles. The van der Waals surface area contributed by atoms with Crippen molar-refractivity contribution in [3.8, 4) is 17.3 Å². The number of para-hydroxylation sites is 5. The molecule has 0 amide bonds. The molecule has 0 aliphatic carbocycles. The molecule has 0 spiro atoms. The van der Waals surface area contributed by atoms with Gasteiger partial charge in [-0.2, -0.15) is 12.1 Å². The summed E-state index contributed by atoms with van der Waals surface area (Å²) < 4.78 is 64.7. The molecule has 5 heterocycles. The number of aryl methyl sites for hydroxylation is 2. The van der Waals surface area contributed by atoms with E-state index in [9.17, 15) is 0 Å². The molecule has 11 aromatic rings. The summed E-state index contributed by atoms with van der Waals surface area (Å²) in [5.74, 6) is 1.71. The van der Waals surface area contributed by atoms with Gasteiger partial charge in [0, 0.05) is 110 Å². The summed E-state index contributed by atoms with van der Waals surface area (Å²) in [6.45, 7) is -3.36. The zero-order valence-electron chi connectivity index (χ0n) is 36.5. The number of aromatic nitrogens is 4. The quantitative estimate of drug-likeness (QED) is 0.161. The Morgan fingerprint density at radius 2 is 1.16 bits per heavy atom. The molecule has 0 N–H and O–H groups in total. The molecule has 8 heteroatoms. The van der Waals surface area contributed by atoms with Gasteiger partial charge in [0.25, 0.3) is 0 Å². The molecule has 58 heavy (non-hydrogen) atoms. The Balaban J connectivity index is 0.00000456. The Morgan fingerprint density at radius 1 is 0.552 bits per heavy atom. The molecule has 12 rings (SSSR count). The van der Waals surface area contributed by atoms with Crippen molar-refractivity contribution in [1.82, 2.24) is 18.7 Å². The number of fused-ring (bicyclic) bond motifs is 10. The van der Waals surface area contributed by atoms with E-state index in [0.29, 0.717) is 55.7 Å². The first kappa shape index (κ1) is 28.6. The van der Waals surface area contributed by atoms with Crippen LogP contribution in [0, 0.1) is 18.8 Å². The maximum absolute atomic E-state index is 8.89. The van der Waals surface area contributed by atoms with E-state index in [-0.39, 0.29) is 21.1 Å². The topological polar surface area (TPSA) is 43.4 Å². The van der Waals surface area contributed by atoms with Crippen LogP contribution in [0.5, 0.6) is 11.5 Å². The van der Waals surface area contributed by atoms with Crippen LogP contribution in [0.15, 0.2) is 158 Å². The van der Waals surface area contributed by atoms with Crippen molar-refractivity contribution in [2.45, 2.75) is 0 Å². The Labute approximate surface area is 357 Å². The van der Waals surface area contributed by atoms with Crippen molar-refractivity contribution in [2.24, 2.45) is 14.0 Å². The van der Waals surface area contributed by atoms with Gasteiger partial charge >= 0.3 is 0 Å². The van der Waals surface area contributed by atoms with E-state index < -0.39 is 14.0 Å². The van der Waals surface area contributed by atoms with E-state index in [0.717, 1.165) is 49.8 Å². The Hall–Kier alpha value is -6.82. The molecule has 0 bridgehead atoms. The molecule has 0 unspecified atom stereocenters. The molecule has 1 aliphatic heterocycles. The maximum atomic E-state index is 8.89. The zero-order valence-corrected chi connectivity index (χ0v) is 32.8. The summed E-state index contributed by atoms with van der Waals surface area (Å²) in [7, 11) is 0. The molecule has 0 fully saturated rings. The van der Waals surface area contributed by atoms with Gasteiger partial charge in [0.1, 0.15) is 5.82 Å². The first-order valence-corrected chi connectivity index (χ1v) is 18.6. The first-order valence-electron chi connectivity index (χ1n) is 21.6. The number of benzene rings is 7. The van der Waals surface area contributed by atoms with E-state index >= 15 is 0 Å². The van der Waals surface area contributed by atoms with Crippen molar-refractivity contribution >= 4 is 88.2 Å². The van der Waals surface area contributed by atoms with Crippen molar-refractivity contribution in [3.63, 3.8) is 0 Å². The third-order valence-corrected chi connectivity index (χ3v) is 11.1. The van der Waals surface area contributed by atoms with E-state index in [1.54, 1.807) is 18.3 Å². The second-order valence-electron chi connectivity index (χ2n) is 14.2. The van der Waals surface area contributed by atoms with Gasteiger partial charge in [-0.3, -0.25) is 0 Å². The molecule has 0 radical (unpaired) electrons. The molecule has 0 saturated carbocycles. The predicted molar refractivity (Wildman–Crippen MR) is 232 cm³/mol. The van der Waals surface area contributed by atoms with Crippen LogP contribution in [0.25, 0.3) is 71.2 Å². The largest absolute Gasteiger partial charge is 0.509 e. The van der Waals surface area contributed by atoms with Gasteiger partial charge in [0.2, 0.25) is 0 Å². The number of hydrogen-bond acceptors (Lipinski definition) is 4. The number of rotatable bonds is 5. The van der Waals surface area contributed by atoms with Crippen molar-refractivity contribution in [2.75, 3.05) is 9.80 Å². The molecular weight excluding hydrogens is 896 g/mol. The smallest absolute Gasteiger partial charge is 0.135 e. The summed E-state index contributed by atoms with van der Waals surface area (Å²) in [5, 5.41) is 4.97. The predicted octanol–water partition coefficient (Wildman–Crippen LogP) is 12.3. The fraction of sp³-hybridized carbons (Fsp3) is 0.0400. The van der Waals surface area contributed by atoms with Gasteiger partial charge in [-0.15, -0.1) is 48.1 Å². The first-order chi connectivity index (χ1) is 30.5. The molecular formula is C50H33N6OPt-3. The molecule has 0 atom stereocenters. The molecule has 1 aliphatic rings. The number of anilines is 4. The van der Waals surface area contributed by atoms with Crippen LogP contribution >= 0.6 is 0 Å². The summed E-state index contributed by atoms with van der Waals surface area (Å²) in [6, 6.07) is 55.2. The molecule has 282 valence electrons.